The first kappa shape index (κ1) is 18.3. The predicted octanol–water partition coefficient (Wildman–Crippen LogP) is 1.99. The molecule has 3 rings (SSSR count). The fourth-order valence-electron chi connectivity index (χ4n) is 2.88. The van der Waals surface area contributed by atoms with Crippen molar-refractivity contribution in [3.8, 4) is 5.75 Å². The Morgan fingerprint density at radius 2 is 1.65 bits per heavy atom. The van der Waals surface area contributed by atoms with Gasteiger partial charge in [-0.3, -0.25) is 4.79 Å². The lowest BCUT2D eigenvalue weighted by Crippen LogP contribution is -2.50. The maximum Gasteiger partial charge on any atom is 0.257 e. The van der Waals surface area contributed by atoms with E-state index in [1.54, 1.807) is 12.1 Å². The zero-order chi connectivity index (χ0) is 18.9. The second-order valence-electron chi connectivity index (χ2n) is 6.17. The number of amides is 1. The van der Waals surface area contributed by atoms with E-state index in [4.69, 9.17) is 0 Å². The lowest BCUT2D eigenvalue weighted by Gasteiger charge is -2.34. The fraction of sp³-hybridized carbons (Fsp3) is 0.278. The third-order valence-electron chi connectivity index (χ3n) is 4.36. The molecule has 0 aromatic heterocycles. The normalized spacial score (nSPS) is 15.8. The average molecular weight is 378 g/mol. The molecule has 2 aromatic rings. The van der Waals surface area contributed by atoms with Crippen LogP contribution in [0, 0.1) is 12.7 Å². The molecule has 2 aromatic carbocycles. The molecule has 138 valence electrons. The lowest BCUT2D eigenvalue weighted by molar-refractivity contribution is 0.0695. The minimum absolute atomic E-state index is 0.0230. The van der Waals surface area contributed by atoms with E-state index >= 15 is 0 Å². The number of phenolic OH excluding ortho intramolecular Hbond substituents is 1. The summed E-state index contributed by atoms with van der Waals surface area (Å²) >= 11 is 0. The van der Waals surface area contributed by atoms with Crippen LogP contribution in [-0.4, -0.2) is 54.8 Å². The van der Waals surface area contributed by atoms with Gasteiger partial charge in [-0.05, 0) is 48.9 Å². The highest BCUT2D eigenvalue weighted by Gasteiger charge is 2.31. The van der Waals surface area contributed by atoms with Gasteiger partial charge in [-0.1, -0.05) is 6.07 Å². The molecule has 1 heterocycles. The highest BCUT2D eigenvalue weighted by molar-refractivity contribution is 7.89. The molecule has 0 saturated carbocycles. The van der Waals surface area contributed by atoms with Crippen molar-refractivity contribution in [1.82, 2.24) is 9.21 Å². The molecule has 8 heteroatoms. The predicted molar refractivity (Wildman–Crippen MR) is 93.9 cm³/mol. The molecular weight excluding hydrogens is 359 g/mol. The third kappa shape index (κ3) is 3.56. The smallest absolute Gasteiger partial charge is 0.257 e. The largest absolute Gasteiger partial charge is 0.507 e. The average Bonchev–Trinajstić information content (AvgIpc) is 2.62. The molecule has 6 nitrogen and oxygen atoms in total. The van der Waals surface area contributed by atoms with Crippen LogP contribution in [0.5, 0.6) is 5.75 Å². The first-order valence-corrected chi connectivity index (χ1v) is 9.57. The Morgan fingerprint density at radius 1 is 1.04 bits per heavy atom. The number of nitrogens with zero attached hydrogens (tertiary/aromatic N) is 2. The van der Waals surface area contributed by atoms with Gasteiger partial charge in [0.1, 0.15) is 11.6 Å². The van der Waals surface area contributed by atoms with Crippen LogP contribution in [0.4, 0.5) is 4.39 Å². The van der Waals surface area contributed by atoms with Crippen molar-refractivity contribution in [2.45, 2.75) is 11.8 Å². The lowest BCUT2D eigenvalue weighted by atomic mass is 10.1. The Labute approximate surface area is 151 Å². The molecular formula is C18H19FN2O4S. The highest BCUT2D eigenvalue weighted by atomic mass is 32.2. The van der Waals surface area contributed by atoms with E-state index in [2.05, 4.69) is 0 Å². The summed E-state index contributed by atoms with van der Waals surface area (Å²) in [6.45, 7) is 2.52. The molecule has 0 spiro atoms. The van der Waals surface area contributed by atoms with Gasteiger partial charge < -0.3 is 10.0 Å². The summed E-state index contributed by atoms with van der Waals surface area (Å²) in [7, 11) is -3.73. The number of phenols is 1. The number of hydrogen-bond donors (Lipinski definition) is 1. The van der Waals surface area contributed by atoms with Crippen molar-refractivity contribution in [1.29, 1.82) is 0 Å². The Morgan fingerprint density at radius 3 is 2.23 bits per heavy atom. The molecule has 1 aliphatic heterocycles. The first-order chi connectivity index (χ1) is 12.3. The molecule has 26 heavy (non-hydrogen) atoms. The SMILES string of the molecule is Cc1ccc(C(=O)N2CCN(S(=O)(=O)c3ccc(F)cc3)CC2)c(O)c1. The number of aryl methyl sites for hydroxylation is 1. The molecule has 0 aliphatic carbocycles. The van der Waals surface area contributed by atoms with E-state index in [0.29, 0.717) is 0 Å². The Kier molecular flexibility index (Phi) is 4.97. The monoisotopic (exact) mass is 378 g/mol. The van der Waals surface area contributed by atoms with Gasteiger partial charge in [0, 0.05) is 26.2 Å². The van der Waals surface area contributed by atoms with Gasteiger partial charge in [0.2, 0.25) is 10.0 Å². The molecule has 0 unspecified atom stereocenters. The third-order valence-corrected chi connectivity index (χ3v) is 6.27. The molecule has 1 saturated heterocycles. The number of rotatable bonds is 3. The number of carbonyl (C=O) groups is 1. The molecule has 0 bridgehead atoms. The maximum atomic E-state index is 13.0. The summed E-state index contributed by atoms with van der Waals surface area (Å²) in [5.41, 5.74) is 1.04. The van der Waals surface area contributed by atoms with Crippen molar-refractivity contribution < 1.29 is 22.7 Å². The van der Waals surface area contributed by atoms with Gasteiger partial charge in [0.25, 0.3) is 5.91 Å². The second kappa shape index (κ2) is 7.05. The van der Waals surface area contributed by atoms with E-state index in [9.17, 15) is 22.7 Å². The van der Waals surface area contributed by atoms with Crippen LogP contribution in [0.1, 0.15) is 15.9 Å². The quantitative estimate of drug-likeness (QED) is 0.886. The number of carbonyl (C=O) groups excluding carboxylic acids is 1. The number of halogens is 1. The maximum absolute atomic E-state index is 13.0. The van der Waals surface area contributed by atoms with Gasteiger partial charge in [-0.25, -0.2) is 12.8 Å². The van der Waals surface area contributed by atoms with Crippen LogP contribution in [0.3, 0.4) is 0 Å². The van der Waals surface area contributed by atoms with Crippen LogP contribution in [0.2, 0.25) is 0 Å². The van der Waals surface area contributed by atoms with Crippen LogP contribution in [0.25, 0.3) is 0 Å². The van der Waals surface area contributed by atoms with Crippen molar-refractivity contribution in [2.24, 2.45) is 0 Å². The first-order valence-electron chi connectivity index (χ1n) is 8.13. The van der Waals surface area contributed by atoms with Gasteiger partial charge in [-0.2, -0.15) is 4.31 Å². The summed E-state index contributed by atoms with van der Waals surface area (Å²) < 4.78 is 39.5. The zero-order valence-corrected chi connectivity index (χ0v) is 15.0. The number of aromatic hydroxyl groups is 1. The van der Waals surface area contributed by atoms with Crippen LogP contribution in [-0.2, 0) is 10.0 Å². The Hall–Kier alpha value is -2.45. The number of benzene rings is 2. The molecule has 1 fully saturated rings. The van der Waals surface area contributed by atoms with E-state index in [-0.39, 0.29) is 48.3 Å². The van der Waals surface area contributed by atoms with Gasteiger partial charge in [0.05, 0.1) is 10.5 Å². The molecule has 1 amide bonds. The van der Waals surface area contributed by atoms with Crippen LogP contribution < -0.4 is 0 Å². The Bertz CT molecular complexity index is 921. The minimum Gasteiger partial charge on any atom is -0.507 e. The summed E-state index contributed by atoms with van der Waals surface area (Å²) in [5, 5.41) is 9.96. The van der Waals surface area contributed by atoms with E-state index in [0.717, 1.165) is 17.7 Å². The van der Waals surface area contributed by atoms with Gasteiger partial charge >= 0.3 is 0 Å². The van der Waals surface area contributed by atoms with Gasteiger partial charge in [-0.15, -0.1) is 0 Å². The Balaban J connectivity index is 1.70. The van der Waals surface area contributed by atoms with Crippen molar-refractivity contribution in [3.05, 3.63) is 59.4 Å². The van der Waals surface area contributed by atoms with Crippen LogP contribution >= 0.6 is 0 Å². The number of piperazine rings is 1. The highest BCUT2D eigenvalue weighted by Crippen LogP contribution is 2.22. The summed E-state index contributed by atoms with van der Waals surface area (Å²) in [5.74, 6) is -0.921. The van der Waals surface area contributed by atoms with Crippen molar-refractivity contribution >= 4 is 15.9 Å². The fourth-order valence-corrected chi connectivity index (χ4v) is 4.30. The van der Waals surface area contributed by atoms with Crippen molar-refractivity contribution in [3.63, 3.8) is 0 Å². The minimum atomic E-state index is -3.73. The molecule has 0 radical (unpaired) electrons. The summed E-state index contributed by atoms with van der Waals surface area (Å²) in [6.07, 6.45) is 0. The van der Waals surface area contributed by atoms with E-state index < -0.39 is 15.8 Å². The van der Waals surface area contributed by atoms with E-state index in [1.165, 1.54) is 27.4 Å². The van der Waals surface area contributed by atoms with Crippen molar-refractivity contribution in [2.75, 3.05) is 26.2 Å². The van der Waals surface area contributed by atoms with Gasteiger partial charge in [0.15, 0.2) is 0 Å². The molecule has 0 atom stereocenters. The van der Waals surface area contributed by atoms with E-state index in [1.807, 2.05) is 6.92 Å². The molecule has 1 N–H and O–H groups in total. The van der Waals surface area contributed by atoms with Crippen LogP contribution in [0.15, 0.2) is 47.4 Å². The zero-order valence-electron chi connectivity index (χ0n) is 14.2. The standard InChI is InChI=1S/C18H19FN2O4S/c1-13-2-7-16(17(22)12-13)18(23)20-8-10-21(11-9-20)26(24,25)15-5-3-14(19)4-6-15/h2-7,12,22H,8-11H2,1H3. The summed E-state index contributed by atoms with van der Waals surface area (Å²) in [6, 6.07) is 9.48. The number of sulfonamides is 1. The topological polar surface area (TPSA) is 77.9 Å². The molecule has 1 aliphatic rings. The second-order valence-corrected chi connectivity index (χ2v) is 8.11. The summed E-state index contributed by atoms with van der Waals surface area (Å²) in [4.78, 5) is 14.1. The number of hydrogen-bond acceptors (Lipinski definition) is 4.